The van der Waals surface area contributed by atoms with E-state index in [9.17, 15) is 0 Å². The minimum Gasteiger partial charge on any atom is -0.377 e. The number of hydrogen-bond acceptors (Lipinski definition) is 2. The lowest BCUT2D eigenvalue weighted by Crippen LogP contribution is -2.31. The van der Waals surface area contributed by atoms with Gasteiger partial charge in [-0.2, -0.15) is 0 Å². The van der Waals surface area contributed by atoms with E-state index in [2.05, 4.69) is 6.92 Å². The van der Waals surface area contributed by atoms with Crippen LogP contribution in [0.15, 0.2) is 0 Å². The number of ether oxygens (including phenoxy) is 1. The molecule has 0 radical (unpaired) electrons. The van der Waals surface area contributed by atoms with E-state index < -0.39 is 0 Å². The summed E-state index contributed by atoms with van der Waals surface area (Å²) in [5.74, 6) is 0. The first-order valence-corrected chi connectivity index (χ1v) is 4.55. The molecule has 0 fully saturated rings. The first-order chi connectivity index (χ1) is 5.18. The molecule has 0 aliphatic heterocycles. The summed E-state index contributed by atoms with van der Waals surface area (Å²) >= 11 is 0. The van der Waals surface area contributed by atoms with Gasteiger partial charge in [0.1, 0.15) is 0 Å². The predicted molar refractivity (Wildman–Crippen MR) is 48.6 cm³/mol. The lowest BCUT2D eigenvalue weighted by molar-refractivity contribution is 0.0498. The molecule has 0 aliphatic carbocycles. The normalized spacial score (nSPS) is 16.4. The van der Waals surface area contributed by atoms with Gasteiger partial charge < -0.3 is 10.5 Å². The van der Waals surface area contributed by atoms with E-state index in [0.29, 0.717) is 0 Å². The summed E-state index contributed by atoms with van der Waals surface area (Å²) in [7, 11) is 0. The summed E-state index contributed by atoms with van der Waals surface area (Å²) in [5, 5.41) is 0. The number of rotatable bonds is 6. The molecule has 68 valence electrons. The van der Waals surface area contributed by atoms with Crippen molar-refractivity contribution in [2.75, 3.05) is 6.61 Å². The third-order valence-corrected chi connectivity index (χ3v) is 1.87. The number of unbranched alkanes of at least 4 members (excludes halogenated alkanes) is 2. The zero-order valence-electron chi connectivity index (χ0n) is 7.97. The van der Waals surface area contributed by atoms with Gasteiger partial charge in [-0.25, -0.2) is 0 Å². The van der Waals surface area contributed by atoms with Gasteiger partial charge in [-0.3, -0.25) is 0 Å². The van der Waals surface area contributed by atoms with Crippen LogP contribution < -0.4 is 5.73 Å². The minimum absolute atomic E-state index is 0.150. The Kier molecular flexibility index (Phi) is 6.57. The van der Waals surface area contributed by atoms with Crippen LogP contribution in [-0.2, 0) is 4.74 Å². The van der Waals surface area contributed by atoms with Gasteiger partial charge >= 0.3 is 0 Å². The fourth-order valence-electron chi connectivity index (χ4n) is 0.773. The summed E-state index contributed by atoms with van der Waals surface area (Å²) in [6, 6.07) is 0.150. The molecule has 0 saturated carbocycles. The molecule has 2 atom stereocenters. The fraction of sp³-hybridized carbons (Fsp3) is 1.00. The van der Waals surface area contributed by atoms with Crippen LogP contribution in [0.2, 0.25) is 0 Å². The molecular formula is C9H21NO. The summed E-state index contributed by atoms with van der Waals surface area (Å²) < 4.78 is 5.48. The number of nitrogens with two attached hydrogens (primary N) is 1. The number of hydrogen-bond donors (Lipinski definition) is 1. The van der Waals surface area contributed by atoms with E-state index in [0.717, 1.165) is 13.0 Å². The topological polar surface area (TPSA) is 35.2 Å². The van der Waals surface area contributed by atoms with Gasteiger partial charge in [-0.1, -0.05) is 19.8 Å². The summed E-state index contributed by atoms with van der Waals surface area (Å²) in [6.07, 6.45) is 3.86. The average Bonchev–Trinajstić information content (AvgIpc) is 1.97. The monoisotopic (exact) mass is 159 g/mol. The molecule has 0 bridgehead atoms. The van der Waals surface area contributed by atoms with E-state index in [4.69, 9.17) is 10.5 Å². The predicted octanol–water partition coefficient (Wildman–Crippen LogP) is 1.93. The Morgan fingerprint density at radius 3 is 2.36 bits per heavy atom. The van der Waals surface area contributed by atoms with Gasteiger partial charge in [0.05, 0.1) is 6.10 Å². The maximum Gasteiger partial charge on any atom is 0.0695 e. The molecule has 2 heteroatoms. The Bertz CT molecular complexity index is 83.6. The van der Waals surface area contributed by atoms with E-state index >= 15 is 0 Å². The Balaban J connectivity index is 3.10. The SMILES string of the molecule is CCCCCOC(C)[C@H](C)N. The summed E-state index contributed by atoms with van der Waals surface area (Å²) in [4.78, 5) is 0. The highest BCUT2D eigenvalue weighted by Gasteiger charge is 2.05. The van der Waals surface area contributed by atoms with Gasteiger partial charge in [-0.15, -0.1) is 0 Å². The molecule has 11 heavy (non-hydrogen) atoms. The highest BCUT2D eigenvalue weighted by molar-refractivity contribution is 4.61. The standard InChI is InChI=1S/C9H21NO/c1-4-5-6-7-11-9(3)8(2)10/h8-9H,4-7,10H2,1-3H3/t8-,9?/m0/s1. The van der Waals surface area contributed by atoms with Gasteiger partial charge in [0.2, 0.25) is 0 Å². The molecule has 2 N–H and O–H groups in total. The van der Waals surface area contributed by atoms with Crippen LogP contribution in [0.1, 0.15) is 40.0 Å². The van der Waals surface area contributed by atoms with Crippen molar-refractivity contribution in [2.24, 2.45) is 5.73 Å². The van der Waals surface area contributed by atoms with Crippen LogP contribution in [0.3, 0.4) is 0 Å². The van der Waals surface area contributed by atoms with Crippen molar-refractivity contribution in [2.45, 2.75) is 52.2 Å². The highest BCUT2D eigenvalue weighted by Crippen LogP contribution is 1.99. The van der Waals surface area contributed by atoms with E-state index in [-0.39, 0.29) is 12.1 Å². The van der Waals surface area contributed by atoms with Crippen molar-refractivity contribution < 1.29 is 4.74 Å². The molecule has 0 rings (SSSR count). The first-order valence-electron chi connectivity index (χ1n) is 4.55. The largest absolute Gasteiger partial charge is 0.377 e. The molecule has 0 aliphatic rings. The molecule has 0 aromatic rings. The molecule has 0 amide bonds. The van der Waals surface area contributed by atoms with Crippen LogP contribution in [0.5, 0.6) is 0 Å². The van der Waals surface area contributed by atoms with E-state index in [1.165, 1.54) is 12.8 Å². The zero-order valence-corrected chi connectivity index (χ0v) is 7.97. The molecule has 0 spiro atoms. The third-order valence-electron chi connectivity index (χ3n) is 1.87. The maximum atomic E-state index is 5.63. The Morgan fingerprint density at radius 1 is 1.27 bits per heavy atom. The van der Waals surface area contributed by atoms with Crippen molar-refractivity contribution in [1.82, 2.24) is 0 Å². The lowest BCUT2D eigenvalue weighted by Gasteiger charge is -2.15. The molecule has 0 aromatic carbocycles. The lowest BCUT2D eigenvalue weighted by atomic mass is 10.2. The summed E-state index contributed by atoms with van der Waals surface area (Å²) in [5.41, 5.74) is 5.63. The van der Waals surface area contributed by atoms with Crippen LogP contribution in [-0.4, -0.2) is 18.8 Å². The van der Waals surface area contributed by atoms with Crippen molar-refractivity contribution in [1.29, 1.82) is 0 Å². The smallest absolute Gasteiger partial charge is 0.0695 e. The van der Waals surface area contributed by atoms with E-state index in [1.807, 2.05) is 13.8 Å². The minimum atomic E-state index is 0.150. The molecule has 0 aromatic heterocycles. The maximum absolute atomic E-state index is 5.63. The highest BCUT2D eigenvalue weighted by atomic mass is 16.5. The molecule has 2 nitrogen and oxygen atoms in total. The van der Waals surface area contributed by atoms with Crippen molar-refractivity contribution in [3.05, 3.63) is 0 Å². The van der Waals surface area contributed by atoms with Crippen LogP contribution in [0, 0.1) is 0 Å². The van der Waals surface area contributed by atoms with Gasteiger partial charge in [0.25, 0.3) is 0 Å². The van der Waals surface area contributed by atoms with Crippen molar-refractivity contribution in [3.8, 4) is 0 Å². The van der Waals surface area contributed by atoms with E-state index in [1.54, 1.807) is 0 Å². The molecule has 0 saturated heterocycles. The van der Waals surface area contributed by atoms with Gasteiger partial charge in [0, 0.05) is 12.6 Å². The van der Waals surface area contributed by atoms with Gasteiger partial charge in [0.15, 0.2) is 0 Å². The molecular weight excluding hydrogens is 138 g/mol. The van der Waals surface area contributed by atoms with Crippen LogP contribution in [0.25, 0.3) is 0 Å². The Hall–Kier alpha value is -0.0800. The van der Waals surface area contributed by atoms with Crippen molar-refractivity contribution in [3.63, 3.8) is 0 Å². The Morgan fingerprint density at radius 2 is 1.91 bits per heavy atom. The van der Waals surface area contributed by atoms with Gasteiger partial charge in [-0.05, 0) is 20.3 Å². The fourth-order valence-corrected chi connectivity index (χ4v) is 0.773. The molecule has 1 unspecified atom stereocenters. The molecule has 0 heterocycles. The summed E-state index contributed by atoms with van der Waals surface area (Å²) in [6.45, 7) is 7.05. The third kappa shape index (κ3) is 6.32. The Labute approximate surface area is 70.1 Å². The average molecular weight is 159 g/mol. The first kappa shape index (κ1) is 10.9. The quantitative estimate of drug-likeness (QED) is 0.601. The second-order valence-electron chi connectivity index (χ2n) is 3.14. The van der Waals surface area contributed by atoms with Crippen LogP contribution >= 0.6 is 0 Å². The van der Waals surface area contributed by atoms with Crippen LogP contribution in [0.4, 0.5) is 0 Å². The second kappa shape index (κ2) is 6.62. The van der Waals surface area contributed by atoms with Crippen molar-refractivity contribution >= 4 is 0 Å². The second-order valence-corrected chi connectivity index (χ2v) is 3.14. The zero-order chi connectivity index (χ0) is 8.69.